The summed E-state index contributed by atoms with van der Waals surface area (Å²) < 4.78 is 0. The highest BCUT2D eigenvalue weighted by atomic mass is 32.1. The third-order valence-electron chi connectivity index (χ3n) is 6.92. The fourth-order valence-electron chi connectivity index (χ4n) is 5.37. The van der Waals surface area contributed by atoms with E-state index < -0.39 is 0 Å². The number of thiophene rings is 1. The summed E-state index contributed by atoms with van der Waals surface area (Å²) in [6.45, 7) is 0.993. The van der Waals surface area contributed by atoms with Crippen LogP contribution < -0.4 is 0 Å². The molecule has 1 saturated carbocycles. The molecule has 5 rings (SSSR count). The molecule has 0 unspecified atom stereocenters. The number of likely N-dealkylation sites (tertiary alicyclic amines) is 2. The second kappa shape index (κ2) is 6.30. The van der Waals surface area contributed by atoms with Crippen molar-refractivity contribution >= 4 is 29.1 Å². The van der Waals surface area contributed by atoms with Crippen molar-refractivity contribution in [2.45, 2.75) is 50.0 Å². The van der Waals surface area contributed by atoms with Crippen LogP contribution in [0.25, 0.3) is 0 Å². The van der Waals surface area contributed by atoms with Gasteiger partial charge in [-0.25, -0.2) is 0 Å². The van der Waals surface area contributed by atoms with Gasteiger partial charge < -0.3 is 4.90 Å². The predicted octanol–water partition coefficient (Wildman–Crippen LogP) is 2.72. The fraction of sp³-hybridized carbons (Fsp3) is 0.571. The zero-order chi connectivity index (χ0) is 18.6. The Bertz CT molecular complexity index is 777. The summed E-state index contributed by atoms with van der Waals surface area (Å²) in [4.78, 5) is 43.4. The minimum atomic E-state index is -0.379. The minimum absolute atomic E-state index is 0.0275. The Morgan fingerprint density at radius 1 is 1.04 bits per heavy atom. The standard InChI is InChI=1S/C21H24N2O3S/c24-18-15-6-1-2-7-16(15)19(25)23(18)14-12-22(13-14)20(26)21(9-3-4-10-21)17-8-5-11-27-17/h1-2,5,8,11,14-16H,3-4,6-7,9-10,12-13H2/t15-,16-/m0/s1. The lowest BCUT2D eigenvalue weighted by atomic mass is 9.81. The van der Waals surface area contributed by atoms with E-state index in [1.807, 2.05) is 28.5 Å². The number of rotatable bonds is 3. The maximum atomic E-state index is 13.4. The molecule has 2 aliphatic carbocycles. The van der Waals surface area contributed by atoms with Crippen LogP contribution in [0, 0.1) is 11.8 Å². The van der Waals surface area contributed by atoms with Gasteiger partial charge in [-0.05, 0) is 37.1 Å². The largest absolute Gasteiger partial charge is 0.338 e. The normalized spacial score (nSPS) is 29.9. The van der Waals surface area contributed by atoms with E-state index in [0.717, 1.165) is 25.7 Å². The fourth-order valence-corrected chi connectivity index (χ4v) is 6.35. The van der Waals surface area contributed by atoms with E-state index in [1.54, 1.807) is 11.3 Å². The van der Waals surface area contributed by atoms with Crippen LogP contribution in [0.1, 0.15) is 43.4 Å². The van der Waals surface area contributed by atoms with Gasteiger partial charge in [0, 0.05) is 18.0 Å². The van der Waals surface area contributed by atoms with Crippen molar-refractivity contribution in [2.24, 2.45) is 11.8 Å². The molecule has 0 radical (unpaired) electrons. The number of hydrogen-bond donors (Lipinski definition) is 0. The van der Waals surface area contributed by atoms with Crippen molar-refractivity contribution in [1.29, 1.82) is 0 Å². The van der Waals surface area contributed by atoms with Crippen molar-refractivity contribution in [1.82, 2.24) is 9.80 Å². The van der Waals surface area contributed by atoms with E-state index >= 15 is 0 Å². The van der Waals surface area contributed by atoms with Crippen LogP contribution in [0.3, 0.4) is 0 Å². The number of amides is 3. The minimum Gasteiger partial charge on any atom is -0.338 e. The molecule has 27 heavy (non-hydrogen) atoms. The van der Waals surface area contributed by atoms with Crippen LogP contribution in [0.2, 0.25) is 0 Å². The number of carbonyl (C=O) groups excluding carboxylic acids is 3. The van der Waals surface area contributed by atoms with Gasteiger partial charge >= 0.3 is 0 Å². The van der Waals surface area contributed by atoms with Gasteiger partial charge in [-0.1, -0.05) is 31.1 Å². The van der Waals surface area contributed by atoms with Crippen molar-refractivity contribution in [3.8, 4) is 0 Å². The Morgan fingerprint density at radius 3 is 2.22 bits per heavy atom. The van der Waals surface area contributed by atoms with Crippen molar-refractivity contribution in [2.75, 3.05) is 13.1 Å². The second-order valence-corrected chi connectivity index (χ2v) is 9.28. The van der Waals surface area contributed by atoms with Gasteiger partial charge in [-0.3, -0.25) is 19.3 Å². The molecule has 4 aliphatic rings. The summed E-state index contributed by atoms with van der Waals surface area (Å²) >= 11 is 1.67. The number of carbonyl (C=O) groups is 3. The Balaban J connectivity index is 1.30. The Kier molecular flexibility index (Phi) is 4.00. The quantitative estimate of drug-likeness (QED) is 0.595. The highest BCUT2D eigenvalue weighted by Crippen LogP contribution is 2.46. The summed E-state index contributed by atoms with van der Waals surface area (Å²) in [5.74, 6) is -0.225. The predicted molar refractivity (Wildman–Crippen MR) is 102 cm³/mol. The first-order chi connectivity index (χ1) is 13.1. The van der Waals surface area contributed by atoms with Gasteiger partial charge in [0.1, 0.15) is 0 Å². The van der Waals surface area contributed by atoms with Gasteiger partial charge in [0.2, 0.25) is 17.7 Å². The van der Waals surface area contributed by atoms with Crippen LogP contribution in [0.15, 0.2) is 29.7 Å². The molecule has 0 aromatic carbocycles. The van der Waals surface area contributed by atoms with Crippen molar-refractivity contribution < 1.29 is 14.4 Å². The van der Waals surface area contributed by atoms with E-state index in [4.69, 9.17) is 0 Å². The summed E-state index contributed by atoms with van der Waals surface area (Å²) in [5.41, 5.74) is -0.379. The summed E-state index contributed by atoms with van der Waals surface area (Å²) in [6.07, 6.45) is 9.34. The molecule has 3 amide bonds. The van der Waals surface area contributed by atoms with Crippen LogP contribution in [0.5, 0.6) is 0 Å². The number of fused-ring (bicyclic) bond motifs is 1. The van der Waals surface area contributed by atoms with Crippen LogP contribution in [-0.2, 0) is 19.8 Å². The Morgan fingerprint density at radius 2 is 1.67 bits per heavy atom. The van der Waals surface area contributed by atoms with Crippen LogP contribution >= 0.6 is 11.3 Å². The van der Waals surface area contributed by atoms with Gasteiger partial charge in [0.15, 0.2) is 0 Å². The van der Waals surface area contributed by atoms with Gasteiger partial charge in [-0.15, -0.1) is 11.3 Å². The molecule has 5 nitrogen and oxygen atoms in total. The zero-order valence-corrected chi connectivity index (χ0v) is 16.1. The summed E-state index contributed by atoms with van der Waals surface area (Å²) in [5, 5.41) is 2.04. The molecular formula is C21H24N2O3S. The SMILES string of the molecule is O=C1[C@H]2CC=CC[C@@H]2C(=O)N1C1CN(C(=O)C2(c3cccs3)CCCC2)C1. The van der Waals surface area contributed by atoms with E-state index in [0.29, 0.717) is 25.9 Å². The molecule has 0 spiro atoms. The number of allylic oxidation sites excluding steroid dienone is 2. The lowest BCUT2D eigenvalue weighted by Crippen LogP contribution is -2.65. The van der Waals surface area contributed by atoms with E-state index in [1.165, 1.54) is 9.78 Å². The van der Waals surface area contributed by atoms with Crippen LogP contribution in [0.4, 0.5) is 0 Å². The Labute approximate surface area is 163 Å². The molecule has 142 valence electrons. The summed E-state index contributed by atoms with van der Waals surface area (Å²) in [6, 6.07) is 3.96. The first-order valence-corrected chi connectivity index (χ1v) is 10.8. The molecular weight excluding hydrogens is 360 g/mol. The molecule has 2 saturated heterocycles. The second-order valence-electron chi connectivity index (χ2n) is 8.33. The van der Waals surface area contributed by atoms with E-state index in [9.17, 15) is 14.4 Å². The highest BCUT2D eigenvalue weighted by molar-refractivity contribution is 7.10. The van der Waals surface area contributed by atoms with E-state index in [2.05, 4.69) is 6.07 Å². The van der Waals surface area contributed by atoms with Crippen molar-refractivity contribution in [3.05, 3.63) is 34.5 Å². The van der Waals surface area contributed by atoms with E-state index in [-0.39, 0.29) is 41.0 Å². The first kappa shape index (κ1) is 17.2. The molecule has 1 aromatic heterocycles. The van der Waals surface area contributed by atoms with Gasteiger partial charge in [-0.2, -0.15) is 0 Å². The third-order valence-corrected chi connectivity index (χ3v) is 7.99. The van der Waals surface area contributed by atoms with Gasteiger partial charge in [0.05, 0.1) is 23.3 Å². The number of nitrogens with zero attached hydrogens (tertiary/aromatic N) is 2. The highest BCUT2D eigenvalue weighted by Gasteiger charge is 2.54. The monoisotopic (exact) mass is 384 g/mol. The molecule has 1 aromatic rings. The molecule has 2 atom stereocenters. The maximum absolute atomic E-state index is 13.4. The Hall–Kier alpha value is -1.95. The van der Waals surface area contributed by atoms with Crippen molar-refractivity contribution in [3.63, 3.8) is 0 Å². The maximum Gasteiger partial charge on any atom is 0.234 e. The molecule has 0 bridgehead atoms. The number of imide groups is 1. The van der Waals surface area contributed by atoms with Gasteiger partial charge in [0.25, 0.3) is 0 Å². The smallest absolute Gasteiger partial charge is 0.234 e. The molecule has 3 fully saturated rings. The summed E-state index contributed by atoms with van der Waals surface area (Å²) in [7, 11) is 0. The lowest BCUT2D eigenvalue weighted by molar-refractivity contribution is -0.155. The zero-order valence-electron chi connectivity index (χ0n) is 15.3. The number of hydrogen-bond acceptors (Lipinski definition) is 4. The third kappa shape index (κ3) is 2.45. The molecule has 6 heteroatoms. The lowest BCUT2D eigenvalue weighted by Gasteiger charge is -2.46. The molecule has 2 aliphatic heterocycles. The molecule has 0 N–H and O–H groups in total. The average Bonchev–Trinajstić information content (AvgIpc) is 3.38. The average molecular weight is 385 g/mol. The molecule has 3 heterocycles. The topological polar surface area (TPSA) is 57.7 Å². The van der Waals surface area contributed by atoms with Crippen LogP contribution in [-0.4, -0.2) is 46.7 Å². The first-order valence-electron chi connectivity index (χ1n) is 9.97.